The Labute approximate surface area is 176 Å². The molecule has 0 fully saturated rings. The molecule has 2 heterocycles. The molecule has 0 aliphatic carbocycles. The number of amides is 3. The number of halogens is 3. The fourth-order valence-electron chi connectivity index (χ4n) is 2.58. The number of pyridine rings is 2. The van der Waals surface area contributed by atoms with Gasteiger partial charge in [-0.1, -0.05) is 13.8 Å². The van der Waals surface area contributed by atoms with Gasteiger partial charge in [-0.05, 0) is 31.0 Å². The first-order valence-corrected chi connectivity index (χ1v) is 9.29. The standard InChI is InChI=1S/C20H22F3N5O3/c1-11(2)12(3)28(10-15-5-4-14(8-26-15)20(21,22)23)19(31)18(30)27-16-6-13(17(24)29)7-25-9-16/h4-9,11-12H,10H2,1-3H3,(H2,24,29)(H,27,30)/t12-/m1/s1. The zero-order valence-electron chi connectivity index (χ0n) is 17.1. The Hall–Kier alpha value is -3.50. The molecule has 3 amide bonds. The Morgan fingerprint density at radius 1 is 1.13 bits per heavy atom. The van der Waals surface area contributed by atoms with Crippen molar-refractivity contribution in [3.8, 4) is 0 Å². The minimum absolute atomic E-state index is 0.0478. The highest BCUT2D eigenvalue weighted by molar-refractivity contribution is 6.39. The van der Waals surface area contributed by atoms with E-state index in [4.69, 9.17) is 5.73 Å². The lowest BCUT2D eigenvalue weighted by Crippen LogP contribution is -2.46. The highest BCUT2D eigenvalue weighted by Gasteiger charge is 2.32. The van der Waals surface area contributed by atoms with Crippen LogP contribution < -0.4 is 11.1 Å². The van der Waals surface area contributed by atoms with Crippen molar-refractivity contribution in [3.05, 3.63) is 53.6 Å². The molecule has 8 nitrogen and oxygen atoms in total. The molecule has 0 aliphatic heterocycles. The Kier molecular flexibility index (Phi) is 7.32. The summed E-state index contributed by atoms with van der Waals surface area (Å²) >= 11 is 0. The van der Waals surface area contributed by atoms with Crippen molar-refractivity contribution >= 4 is 23.4 Å². The largest absolute Gasteiger partial charge is 0.417 e. The second-order valence-electron chi connectivity index (χ2n) is 7.23. The molecule has 0 aromatic carbocycles. The van der Waals surface area contributed by atoms with Crippen molar-refractivity contribution < 1.29 is 27.6 Å². The summed E-state index contributed by atoms with van der Waals surface area (Å²) in [7, 11) is 0. The van der Waals surface area contributed by atoms with Crippen LogP contribution in [0.3, 0.4) is 0 Å². The van der Waals surface area contributed by atoms with E-state index in [0.29, 0.717) is 6.20 Å². The van der Waals surface area contributed by atoms with E-state index in [0.717, 1.165) is 12.1 Å². The van der Waals surface area contributed by atoms with Gasteiger partial charge in [-0.2, -0.15) is 13.2 Å². The molecule has 0 aliphatic rings. The first kappa shape index (κ1) is 23.8. The molecule has 0 bridgehead atoms. The van der Waals surface area contributed by atoms with Crippen molar-refractivity contribution in [2.75, 3.05) is 5.32 Å². The number of nitrogens with two attached hydrogens (primary N) is 1. The lowest BCUT2D eigenvalue weighted by Gasteiger charge is -2.31. The van der Waals surface area contributed by atoms with Gasteiger partial charge in [0, 0.05) is 18.4 Å². The van der Waals surface area contributed by atoms with Crippen LogP contribution in [-0.4, -0.2) is 38.6 Å². The second kappa shape index (κ2) is 9.54. The summed E-state index contributed by atoms with van der Waals surface area (Å²) in [5, 5.41) is 2.36. The predicted octanol–water partition coefficient (Wildman–Crippen LogP) is 2.61. The topological polar surface area (TPSA) is 118 Å². The van der Waals surface area contributed by atoms with Gasteiger partial charge in [-0.15, -0.1) is 0 Å². The fraction of sp³-hybridized carbons (Fsp3) is 0.350. The van der Waals surface area contributed by atoms with Gasteiger partial charge < -0.3 is 16.0 Å². The first-order valence-electron chi connectivity index (χ1n) is 9.29. The van der Waals surface area contributed by atoms with Gasteiger partial charge in [0.25, 0.3) is 0 Å². The number of aromatic nitrogens is 2. The maximum absolute atomic E-state index is 12.8. The summed E-state index contributed by atoms with van der Waals surface area (Å²) in [6, 6.07) is 2.88. The molecule has 0 spiro atoms. The van der Waals surface area contributed by atoms with Crippen LogP contribution in [0.4, 0.5) is 18.9 Å². The van der Waals surface area contributed by atoms with Gasteiger partial charge in [-0.25, -0.2) is 0 Å². The third-order valence-corrected chi connectivity index (χ3v) is 4.68. The van der Waals surface area contributed by atoms with E-state index >= 15 is 0 Å². The molecule has 2 rings (SSSR count). The number of primary amides is 1. The number of rotatable bonds is 6. The van der Waals surface area contributed by atoms with Crippen LogP contribution in [0, 0.1) is 5.92 Å². The molecule has 2 aromatic rings. The number of hydrogen-bond donors (Lipinski definition) is 2. The average molecular weight is 437 g/mol. The number of carbonyl (C=O) groups is 3. The van der Waals surface area contributed by atoms with Crippen LogP contribution >= 0.6 is 0 Å². The summed E-state index contributed by atoms with van der Waals surface area (Å²) in [5.41, 5.74) is 4.60. The quantitative estimate of drug-likeness (QED) is 0.674. The van der Waals surface area contributed by atoms with E-state index in [-0.39, 0.29) is 29.4 Å². The van der Waals surface area contributed by atoms with Gasteiger partial charge in [0.05, 0.1) is 35.2 Å². The molecule has 11 heteroatoms. The SMILES string of the molecule is CC(C)[C@@H](C)N(Cc1ccc(C(F)(F)F)cn1)C(=O)C(=O)Nc1cncc(C(N)=O)c1. The molecule has 0 saturated carbocycles. The van der Waals surface area contributed by atoms with Crippen LogP contribution in [0.25, 0.3) is 0 Å². The molecule has 166 valence electrons. The third kappa shape index (κ3) is 6.24. The van der Waals surface area contributed by atoms with Crippen molar-refractivity contribution in [1.82, 2.24) is 14.9 Å². The lowest BCUT2D eigenvalue weighted by atomic mass is 10.0. The summed E-state index contributed by atoms with van der Waals surface area (Å²) in [5.74, 6) is -2.71. The normalized spacial score (nSPS) is 12.4. The second-order valence-corrected chi connectivity index (χ2v) is 7.23. The van der Waals surface area contributed by atoms with Crippen LogP contribution in [0.2, 0.25) is 0 Å². The molecule has 0 saturated heterocycles. The first-order chi connectivity index (χ1) is 14.4. The van der Waals surface area contributed by atoms with Gasteiger partial charge in [0.15, 0.2) is 0 Å². The molecule has 0 unspecified atom stereocenters. The lowest BCUT2D eigenvalue weighted by molar-refractivity contribution is -0.145. The number of anilines is 1. The minimum Gasteiger partial charge on any atom is -0.366 e. The molecule has 3 N–H and O–H groups in total. The summed E-state index contributed by atoms with van der Waals surface area (Å²) in [4.78, 5) is 45.4. The molecule has 1 atom stereocenters. The highest BCUT2D eigenvalue weighted by atomic mass is 19.4. The van der Waals surface area contributed by atoms with E-state index in [1.54, 1.807) is 6.92 Å². The van der Waals surface area contributed by atoms with Gasteiger partial charge in [0.1, 0.15) is 0 Å². The highest BCUT2D eigenvalue weighted by Crippen LogP contribution is 2.28. The molecule has 0 radical (unpaired) electrons. The number of nitrogens with zero attached hydrogens (tertiary/aromatic N) is 3. The van der Waals surface area contributed by atoms with Crippen molar-refractivity contribution in [3.63, 3.8) is 0 Å². The van der Waals surface area contributed by atoms with E-state index in [1.807, 2.05) is 13.8 Å². The van der Waals surface area contributed by atoms with Crippen LogP contribution in [0.1, 0.15) is 42.4 Å². The molecular formula is C20H22F3N5O3. The zero-order chi connectivity index (χ0) is 23.3. The van der Waals surface area contributed by atoms with Crippen LogP contribution in [0.15, 0.2) is 36.8 Å². The molecular weight excluding hydrogens is 415 g/mol. The predicted molar refractivity (Wildman–Crippen MR) is 105 cm³/mol. The Morgan fingerprint density at radius 3 is 2.32 bits per heavy atom. The summed E-state index contributed by atoms with van der Waals surface area (Å²) < 4.78 is 38.2. The number of carbonyl (C=O) groups excluding carboxylic acids is 3. The van der Waals surface area contributed by atoms with Gasteiger partial charge in [0.2, 0.25) is 5.91 Å². The zero-order valence-corrected chi connectivity index (χ0v) is 17.1. The Morgan fingerprint density at radius 2 is 1.81 bits per heavy atom. The molecule has 31 heavy (non-hydrogen) atoms. The van der Waals surface area contributed by atoms with E-state index in [1.165, 1.54) is 23.4 Å². The minimum atomic E-state index is -4.53. The van der Waals surface area contributed by atoms with Crippen LogP contribution in [-0.2, 0) is 22.3 Å². The smallest absolute Gasteiger partial charge is 0.366 e. The van der Waals surface area contributed by atoms with Gasteiger partial charge in [-0.3, -0.25) is 24.4 Å². The van der Waals surface area contributed by atoms with Crippen molar-refractivity contribution in [1.29, 1.82) is 0 Å². The van der Waals surface area contributed by atoms with E-state index in [9.17, 15) is 27.6 Å². The van der Waals surface area contributed by atoms with Gasteiger partial charge >= 0.3 is 18.0 Å². The van der Waals surface area contributed by atoms with Crippen molar-refractivity contribution in [2.24, 2.45) is 11.7 Å². The third-order valence-electron chi connectivity index (χ3n) is 4.68. The molecule has 2 aromatic heterocycles. The van der Waals surface area contributed by atoms with E-state index < -0.39 is 35.5 Å². The van der Waals surface area contributed by atoms with Crippen molar-refractivity contribution in [2.45, 2.75) is 39.5 Å². The fourth-order valence-corrected chi connectivity index (χ4v) is 2.58. The van der Waals surface area contributed by atoms with Crippen LogP contribution in [0.5, 0.6) is 0 Å². The Balaban J connectivity index is 2.22. The Bertz CT molecular complexity index is 961. The van der Waals surface area contributed by atoms with E-state index in [2.05, 4.69) is 15.3 Å². The maximum atomic E-state index is 12.8. The number of nitrogens with one attached hydrogen (secondary N) is 1. The maximum Gasteiger partial charge on any atom is 0.417 e. The number of hydrogen-bond acceptors (Lipinski definition) is 5. The monoisotopic (exact) mass is 437 g/mol. The number of alkyl halides is 3. The summed E-state index contributed by atoms with van der Waals surface area (Å²) in [6.07, 6.45) is -1.40. The summed E-state index contributed by atoms with van der Waals surface area (Å²) in [6.45, 7) is 5.23. The average Bonchev–Trinajstić information content (AvgIpc) is 2.70.